The lowest BCUT2D eigenvalue weighted by molar-refractivity contribution is -0.146. The number of nitrogens with zero attached hydrogens (tertiary/aromatic N) is 7. The summed E-state index contributed by atoms with van der Waals surface area (Å²) < 4.78 is 0. The third-order valence-corrected chi connectivity index (χ3v) is 11.9. The molecular formula is C48H53N9O3. The molecule has 6 aromatic rings. The predicted octanol–water partition coefficient (Wildman–Crippen LogP) is 7.13. The number of rotatable bonds is 11. The van der Waals surface area contributed by atoms with Crippen molar-refractivity contribution in [1.29, 1.82) is 0 Å². The number of amides is 3. The minimum absolute atomic E-state index is 0.0225. The van der Waals surface area contributed by atoms with Crippen molar-refractivity contribution in [3.8, 4) is 33.6 Å². The molecule has 2 N–H and O–H groups in total. The number of piperazine rings is 1. The number of benzene rings is 4. The van der Waals surface area contributed by atoms with Crippen LogP contribution in [0.2, 0.25) is 0 Å². The summed E-state index contributed by atoms with van der Waals surface area (Å²) in [6.45, 7) is 3.53. The molecule has 3 amide bonds. The number of aromatic amines is 2. The fourth-order valence-corrected chi connectivity index (χ4v) is 8.78. The molecule has 2 fully saturated rings. The smallest absolute Gasteiger partial charge is 0.245 e. The number of carbonyl (C=O) groups is 3. The van der Waals surface area contributed by atoms with Gasteiger partial charge in [0, 0.05) is 33.1 Å². The first-order chi connectivity index (χ1) is 29.1. The van der Waals surface area contributed by atoms with Crippen LogP contribution in [0.1, 0.15) is 66.7 Å². The molecule has 12 heteroatoms. The summed E-state index contributed by atoms with van der Waals surface area (Å²) in [6, 6.07) is 35.1. The van der Waals surface area contributed by atoms with Crippen LogP contribution in [0, 0.1) is 0 Å². The quantitative estimate of drug-likeness (QED) is 0.143. The van der Waals surface area contributed by atoms with Crippen LogP contribution < -0.4 is 0 Å². The van der Waals surface area contributed by atoms with Crippen molar-refractivity contribution in [3.05, 3.63) is 144 Å². The Hall–Kier alpha value is -6.37. The highest BCUT2D eigenvalue weighted by atomic mass is 16.2. The molecule has 2 unspecified atom stereocenters. The minimum atomic E-state index is -0.465. The second-order valence-electron chi connectivity index (χ2n) is 16.3. The fourth-order valence-electron chi connectivity index (χ4n) is 8.78. The van der Waals surface area contributed by atoms with Crippen molar-refractivity contribution < 1.29 is 14.4 Å². The first-order valence-corrected chi connectivity index (χ1v) is 20.7. The zero-order chi connectivity index (χ0) is 41.9. The Morgan fingerprint density at radius 3 is 1.47 bits per heavy atom. The van der Waals surface area contributed by atoms with E-state index in [-0.39, 0.29) is 29.8 Å². The van der Waals surface area contributed by atoms with E-state index in [1.54, 1.807) is 18.0 Å². The van der Waals surface area contributed by atoms with E-state index < -0.39 is 12.1 Å². The van der Waals surface area contributed by atoms with Crippen LogP contribution in [0.5, 0.6) is 0 Å². The van der Waals surface area contributed by atoms with Crippen molar-refractivity contribution >= 4 is 17.7 Å². The van der Waals surface area contributed by atoms with E-state index in [9.17, 15) is 14.4 Å². The van der Waals surface area contributed by atoms with Crippen LogP contribution in [0.25, 0.3) is 33.6 Å². The van der Waals surface area contributed by atoms with Crippen LogP contribution in [0.15, 0.2) is 122 Å². The number of likely N-dealkylation sites (N-methyl/N-ethyl adjacent to an activating group) is 2. The fraction of sp³-hybridized carbons (Fsp3) is 0.312. The van der Waals surface area contributed by atoms with E-state index in [1.165, 1.54) is 0 Å². The molecule has 8 rings (SSSR count). The molecule has 2 aromatic heterocycles. The molecule has 4 heterocycles. The van der Waals surface area contributed by atoms with Crippen LogP contribution in [0.3, 0.4) is 0 Å². The molecule has 4 aromatic carbocycles. The van der Waals surface area contributed by atoms with Crippen molar-refractivity contribution in [2.75, 3.05) is 54.4 Å². The van der Waals surface area contributed by atoms with Crippen molar-refractivity contribution in [1.82, 2.24) is 44.4 Å². The molecular weight excluding hydrogens is 751 g/mol. The SMILES string of the molecule is CC(=O)N1CCN(C(=O)[C@@H](c2ccccc2)N(C)C)C(c2ncc(-c3ccc(-c4ccc(-c5cnc(C6CCCN6C(=O)[C@@H](c6ccccc6)N(C)C)[nH]5)cc4)cc3)[nH]2)C1. The molecule has 12 nitrogen and oxygen atoms in total. The normalized spacial score (nSPS) is 17.9. The standard InChI is InChI=1S/C48H53N9O3/c1-32(58)55-27-28-57(48(60)44(54(4)5)38-15-10-7-11-16-38)42(31-55)46-50-30-40(52-46)36-24-20-34(21-25-36)33-18-22-35(23-19-33)39-29-49-45(51-39)41-17-12-26-56(41)47(59)43(53(2)3)37-13-8-6-9-14-37/h6-11,13-16,18-25,29-30,41-44H,12,17,26-28,31H2,1-5H3,(H,49,51)(H,50,52)/t41?,42?,43-,44-/m1/s1. The summed E-state index contributed by atoms with van der Waals surface area (Å²) in [5.41, 5.74) is 7.78. The second-order valence-corrected chi connectivity index (χ2v) is 16.3. The molecule has 0 radical (unpaired) electrons. The van der Waals surface area contributed by atoms with Gasteiger partial charge in [-0.05, 0) is 74.4 Å². The number of H-pyrrole nitrogens is 2. The lowest BCUT2D eigenvalue weighted by Gasteiger charge is -2.42. The second kappa shape index (κ2) is 17.5. The summed E-state index contributed by atoms with van der Waals surface area (Å²) in [5, 5.41) is 0. The number of likely N-dealkylation sites (tertiary alicyclic amines) is 1. The summed E-state index contributed by atoms with van der Waals surface area (Å²) in [6.07, 6.45) is 5.47. The van der Waals surface area contributed by atoms with Gasteiger partial charge in [0.1, 0.15) is 29.8 Å². The largest absolute Gasteiger partial charge is 0.340 e. The van der Waals surface area contributed by atoms with Gasteiger partial charge in [0.25, 0.3) is 0 Å². The van der Waals surface area contributed by atoms with Gasteiger partial charge in [-0.25, -0.2) is 9.97 Å². The summed E-state index contributed by atoms with van der Waals surface area (Å²) >= 11 is 0. The molecule has 308 valence electrons. The van der Waals surface area contributed by atoms with Gasteiger partial charge in [0.2, 0.25) is 17.7 Å². The number of carbonyl (C=O) groups excluding carboxylic acids is 3. The first-order valence-electron chi connectivity index (χ1n) is 20.7. The summed E-state index contributed by atoms with van der Waals surface area (Å²) in [7, 11) is 7.73. The molecule has 2 saturated heterocycles. The Balaban J connectivity index is 0.958. The average molecular weight is 804 g/mol. The van der Waals surface area contributed by atoms with E-state index in [2.05, 4.69) is 58.5 Å². The van der Waals surface area contributed by atoms with Crippen molar-refractivity contribution in [3.63, 3.8) is 0 Å². The van der Waals surface area contributed by atoms with E-state index >= 15 is 0 Å². The monoisotopic (exact) mass is 803 g/mol. The van der Waals surface area contributed by atoms with Crippen LogP contribution in [0.4, 0.5) is 0 Å². The van der Waals surface area contributed by atoms with Gasteiger partial charge < -0.3 is 24.7 Å². The third-order valence-electron chi connectivity index (χ3n) is 11.9. The van der Waals surface area contributed by atoms with Crippen molar-refractivity contribution in [2.45, 2.75) is 43.9 Å². The molecule has 4 atom stereocenters. The van der Waals surface area contributed by atoms with Crippen LogP contribution in [-0.2, 0) is 14.4 Å². The zero-order valence-electron chi connectivity index (χ0n) is 35.0. The Morgan fingerprint density at radius 1 is 0.583 bits per heavy atom. The van der Waals surface area contributed by atoms with Gasteiger partial charge in [-0.15, -0.1) is 0 Å². The van der Waals surface area contributed by atoms with E-state index in [1.807, 2.05) is 115 Å². The molecule has 0 aliphatic carbocycles. The molecule has 2 aliphatic heterocycles. The highest BCUT2D eigenvalue weighted by Gasteiger charge is 2.39. The number of hydrogen-bond acceptors (Lipinski definition) is 7. The molecule has 2 aliphatic rings. The molecule has 0 spiro atoms. The average Bonchev–Trinajstić information content (AvgIpc) is 4.07. The Morgan fingerprint density at radius 2 is 1.02 bits per heavy atom. The number of imidazole rings is 2. The number of aromatic nitrogens is 4. The molecule has 0 bridgehead atoms. The minimum Gasteiger partial charge on any atom is -0.340 e. The maximum atomic E-state index is 14.2. The molecule has 0 saturated carbocycles. The predicted molar refractivity (Wildman–Crippen MR) is 233 cm³/mol. The molecule has 60 heavy (non-hydrogen) atoms. The van der Waals surface area contributed by atoms with Gasteiger partial charge in [-0.1, -0.05) is 109 Å². The number of nitrogens with one attached hydrogen (secondary N) is 2. The Labute approximate surface area is 351 Å². The van der Waals surface area contributed by atoms with Gasteiger partial charge in [-0.2, -0.15) is 0 Å². The summed E-state index contributed by atoms with van der Waals surface area (Å²) in [4.78, 5) is 66.8. The van der Waals surface area contributed by atoms with Gasteiger partial charge >= 0.3 is 0 Å². The van der Waals surface area contributed by atoms with Crippen LogP contribution >= 0.6 is 0 Å². The zero-order valence-corrected chi connectivity index (χ0v) is 35.0. The topological polar surface area (TPSA) is 125 Å². The van der Waals surface area contributed by atoms with Crippen molar-refractivity contribution in [2.24, 2.45) is 0 Å². The van der Waals surface area contributed by atoms with E-state index in [0.717, 1.165) is 63.4 Å². The maximum Gasteiger partial charge on any atom is 0.245 e. The Kier molecular flexibility index (Phi) is 11.8. The first kappa shape index (κ1) is 40.4. The lowest BCUT2D eigenvalue weighted by Crippen LogP contribution is -2.54. The van der Waals surface area contributed by atoms with E-state index in [4.69, 9.17) is 9.97 Å². The number of hydrogen-bond donors (Lipinski definition) is 2. The van der Waals surface area contributed by atoms with Gasteiger partial charge in [0.05, 0.1) is 29.8 Å². The highest BCUT2D eigenvalue weighted by molar-refractivity contribution is 5.85. The third kappa shape index (κ3) is 8.25. The highest BCUT2D eigenvalue weighted by Crippen LogP contribution is 2.36. The maximum absolute atomic E-state index is 14.2. The summed E-state index contributed by atoms with van der Waals surface area (Å²) in [5.74, 6) is 1.51. The Bertz CT molecular complexity index is 2410. The van der Waals surface area contributed by atoms with Gasteiger partial charge in [0.15, 0.2) is 0 Å². The lowest BCUT2D eigenvalue weighted by atomic mass is 10.0. The van der Waals surface area contributed by atoms with E-state index in [0.29, 0.717) is 32.0 Å². The van der Waals surface area contributed by atoms with Crippen LogP contribution in [-0.4, -0.2) is 117 Å². The van der Waals surface area contributed by atoms with Gasteiger partial charge in [-0.3, -0.25) is 24.2 Å².